The van der Waals surface area contributed by atoms with Gasteiger partial charge in [0.15, 0.2) is 0 Å². The molecule has 6 heteroatoms. The number of rotatable bonds is 7. The van der Waals surface area contributed by atoms with Gasteiger partial charge in [0.1, 0.15) is 0 Å². The molecule has 0 saturated carbocycles. The molecule has 0 aliphatic heterocycles. The zero-order chi connectivity index (χ0) is 16.7. The molecule has 0 radical (unpaired) electrons. The molecule has 0 unspecified atom stereocenters. The summed E-state index contributed by atoms with van der Waals surface area (Å²) in [6, 6.07) is 15.6. The summed E-state index contributed by atoms with van der Waals surface area (Å²) in [7, 11) is 0. The predicted molar refractivity (Wildman–Crippen MR) is 86.8 cm³/mol. The molecule has 0 aliphatic rings. The van der Waals surface area contributed by atoms with Crippen LogP contribution in [-0.2, 0) is 6.42 Å². The molecule has 3 nitrogen and oxygen atoms in total. The van der Waals surface area contributed by atoms with Gasteiger partial charge in [-0.05, 0) is 17.7 Å². The number of nitrogens with one attached hydrogen (secondary N) is 1. The number of thioether (sulfide) groups is 1. The highest BCUT2D eigenvalue weighted by Gasteiger charge is 2.16. The first-order valence-corrected chi connectivity index (χ1v) is 7.98. The van der Waals surface area contributed by atoms with Gasteiger partial charge in [0.25, 0.3) is 11.7 Å². The fraction of sp³-hybridized carbons (Fsp3) is 0.235. The van der Waals surface area contributed by atoms with Crippen LogP contribution < -0.4 is 5.32 Å². The van der Waals surface area contributed by atoms with E-state index in [-0.39, 0.29) is 17.0 Å². The van der Waals surface area contributed by atoms with Crippen molar-refractivity contribution in [1.82, 2.24) is 5.32 Å². The highest BCUT2D eigenvalue weighted by molar-refractivity contribution is 7.99. The monoisotopic (exact) mass is 337 g/mol. The predicted octanol–water partition coefficient (Wildman–Crippen LogP) is 3.33. The summed E-state index contributed by atoms with van der Waals surface area (Å²) in [6.45, 7) is 0.0570. The van der Waals surface area contributed by atoms with Gasteiger partial charge in [-0.15, -0.1) is 0 Å². The molecule has 0 aliphatic carbocycles. The Balaban J connectivity index is 1.92. The Morgan fingerprint density at radius 1 is 1.09 bits per heavy atom. The summed E-state index contributed by atoms with van der Waals surface area (Å²) >= 11 is 0.334. The Morgan fingerprint density at radius 2 is 1.74 bits per heavy atom. The summed E-state index contributed by atoms with van der Waals surface area (Å²) < 4.78 is 25.0. The second-order valence-corrected chi connectivity index (χ2v) is 5.96. The fourth-order valence-electron chi connectivity index (χ4n) is 2.12. The summed E-state index contributed by atoms with van der Waals surface area (Å²) in [6.07, 6.45) is -0.328. The molecule has 1 atom stereocenters. The number of carbonyl (C=O) groups is 1. The van der Waals surface area contributed by atoms with E-state index in [1.165, 1.54) is 12.1 Å². The average Bonchev–Trinajstić information content (AvgIpc) is 2.53. The van der Waals surface area contributed by atoms with Crippen molar-refractivity contribution in [3.63, 3.8) is 0 Å². The van der Waals surface area contributed by atoms with Crippen molar-refractivity contribution < 1.29 is 18.7 Å². The minimum absolute atomic E-state index is 0.0570. The lowest BCUT2D eigenvalue weighted by molar-refractivity contribution is 0.0913. The fourth-order valence-corrected chi connectivity index (χ4v) is 2.75. The summed E-state index contributed by atoms with van der Waals surface area (Å²) in [4.78, 5) is 12.3. The summed E-state index contributed by atoms with van der Waals surface area (Å²) in [5.41, 5.74) is 1.15. The normalized spacial score (nSPS) is 12.2. The number of hydrogen-bond donors (Lipinski definition) is 2. The van der Waals surface area contributed by atoms with Crippen molar-refractivity contribution in [1.29, 1.82) is 0 Å². The quantitative estimate of drug-likeness (QED) is 0.762. The maximum atomic E-state index is 12.5. The first kappa shape index (κ1) is 17.4. The van der Waals surface area contributed by atoms with E-state index in [9.17, 15) is 18.7 Å². The Labute approximate surface area is 137 Å². The van der Waals surface area contributed by atoms with E-state index in [1.807, 2.05) is 30.3 Å². The van der Waals surface area contributed by atoms with E-state index in [2.05, 4.69) is 5.32 Å². The second-order valence-electron chi connectivity index (χ2n) is 4.93. The van der Waals surface area contributed by atoms with Crippen LogP contribution in [0.4, 0.5) is 8.78 Å². The molecule has 2 N–H and O–H groups in total. The maximum Gasteiger partial charge on any atom is 0.288 e. The maximum absolute atomic E-state index is 12.5. The Hall–Kier alpha value is -1.92. The molecular formula is C17H17F2NO2S. The molecule has 0 spiro atoms. The number of alkyl halides is 2. The molecule has 23 heavy (non-hydrogen) atoms. The number of aliphatic hydroxyl groups is 1. The van der Waals surface area contributed by atoms with E-state index in [0.717, 1.165) is 5.56 Å². The van der Waals surface area contributed by atoms with Crippen molar-refractivity contribution in [2.75, 3.05) is 6.54 Å². The molecule has 122 valence electrons. The lowest BCUT2D eigenvalue weighted by Gasteiger charge is -2.13. The van der Waals surface area contributed by atoms with Crippen LogP contribution in [0.5, 0.6) is 0 Å². The van der Waals surface area contributed by atoms with Crippen LogP contribution in [0.15, 0.2) is 59.5 Å². The molecule has 2 aromatic carbocycles. The molecule has 0 aromatic heterocycles. The number of aliphatic hydroxyl groups excluding tert-OH is 1. The third kappa shape index (κ3) is 5.65. The third-order valence-corrected chi connectivity index (χ3v) is 3.95. The first-order chi connectivity index (χ1) is 11.1. The van der Waals surface area contributed by atoms with Gasteiger partial charge in [0.05, 0.1) is 11.7 Å². The lowest BCUT2D eigenvalue weighted by Crippen LogP contribution is -2.33. The minimum Gasteiger partial charge on any atom is -0.391 e. The SMILES string of the molecule is O=C(NC[C@@H](O)Cc1ccccc1)c1ccccc1SC(F)F. The van der Waals surface area contributed by atoms with Crippen molar-refractivity contribution in [3.8, 4) is 0 Å². The average molecular weight is 337 g/mol. The van der Waals surface area contributed by atoms with E-state index in [1.54, 1.807) is 12.1 Å². The first-order valence-electron chi connectivity index (χ1n) is 7.10. The number of hydrogen-bond acceptors (Lipinski definition) is 3. The van der Waals surface area contributed by atoms with E-state index in [4.69, 9.17) is 0 Å². The molecule has 0 fully saturated rings. The van der Waals surface area contributed by atoms with Crippen LogP contribution in [-0.4, -0.2) is 29.4 Å². The van der Waals surface area contributed by atoms with Crippen molar-refractivity contribution in [3.05, 3.63) is 65.7 Å². The van der Waals surface area contributed by atoms with Crippen molar-refractivity contribution in [2.24, 2.45) is 0 Å². The topological polar surface area (TPSA) is 49.3 Å². The molecule has 0 bridgehead atoms. The lowest BCUT2D eigenvalue weighted by atomic mass is 10.1. The van der Waals surface area contributed by atoms with Gasteiger partial charge in [-0.1, -0.05) is 54.2 Å². The van der Waals surface area contributed by atoms with Crippen LogP contribution in [0.3, 0.4) is 0 Å². The van der Waals surface area contributed by atoms with Crippen LogP contribution in [0.2, 0.25) is 0 Å². The molecule has 1 amide bonds. The van der Waals surface area contributed by atoms with Gasteiger partial charge in [-0.25, -0.2) is 0 Å². The Morgan fingerprint density at radius 3 is 2.43 bits per heavy atom. The van der Waals surface area contributed by atoms with Crippen LogP contribution in [0, 0.1) is 0 Å². The Bertz CT molecular complexity index is 638. The van der Waals surface area contributed by atoms with Gasteiger partial charge >= 0.3 is 0 Å². The highest BCUT2D eigenvalue weighted by atomic mass is 32.2. The smallest absolute Gasteiger partial charge is 0.288 e. The van der Waals surface area contributed by atoms with Crippen molar-refractivity contribution >= 4 is 17.7 Å². The Kier molecular flexibility index (Phi) is 6.55. The zero-order valence-electron chi connectivity index (χ0n) is 12.3. The largest absolute Gasteiger partial charge is 0.391 e. The summed E-state index contributed by atoms with van der Waals surface area (Å²) in [5.74, 6) is -3.06. The van der Waals surface area contributed by atoms with Crippen LogP contribution in [0.1, 0.15) is 15.9 Å². The number of benzene rings is 2. The molecule has 2 rings (SSSR count). The van der Waals surface area contributed by atoms with Crippen LogP contribution >= 0.6 is 11.8 Å². The van der Waals surface area contributed by atoms with E-state index >= 15 is 0 Å². The molecule has 0 saturated heterocycles. The molecule has 2 aromatic rings. The minimum atomic E-state index is -2.59. The van der Waals surface area contributed by atoms with Crippen molar-refractivity contribution in [2.45, 2.75) is 23.2 Å². The van der Waals surface area contributed by atoms with Gasteiger partial charge in [-0.2, -0.15) is 8.78 Å². The standard InChI is InChI=1S/C17H17F2NO2S/c18-17(19)23-15-9-5-4-8-14(15)16(22)20-11-13(21)10-12-6-2-1-3-7-12/h1-9,13,17,21H,10-11H2,(H,20,22)/t13-/m0/s1. The zero-order valence-corrected chi connectivity index (χ0v) is 13.1. The third-order valence-electron chi connectivity index (χ3n) is 3.16. The number of halogens is 2. The summed E-state index contributed by atoms with van der Waals surface area (Å²) in [5, 5.41) is 12.6. The number of carbonyl (C=O) groups excluding carboxylic acids is 1. The van der Waals surface area contributed by atoms with Gasteiger partial charge < -0.3 is 10.4 Å². The molecular weight excluding hydrogens is 320 g/mol. The van der Waals surface area contributed by atoms with Gasteiger partial charge in [-0.3, -0.25) is 4.79 Å². The van der Waals surface area contributed by atoms with Gasteiger partial charge in [0, 0.05) is 17.9 Å². The molecule has 0 heterocycles. The van der Waals surface area contributed by atoms with E-state index in [0.29, 0.717) is 18.2 Å². The van der Waals surface area contributed by atoms with Crippen LogP contribution in [0.25, 0.3) is 0 Å². The van der Waals surface area contributed by atoms with E-state index < -0.39 is 17.8 Å². The van der Waals surface area contributed by atoms with Gasteiger partial charge in [0.2, 0.25) is 0 Å². The second kappa shape index (κ2) is 8.64. The number of amides is 1. The highest BCUT2D eigenvalue weighted by Crippen LogP contribution is 2.28.